The fourth-order valence-corrected chi connectivity index (χ4v) is 2.86. The van der Waals surface area contributed by atoms with Crippen molar-refractivity contribution in [3.8, 4) is 11.1 Å². The molecule has 0 aliphatic heterocycles. The highest BCUT2D eigenvalue weighted by molar-refractivity contribution is 5.97. The lowest BCUT2D eigenvalue weighted by Crippen LogP contribution is -2.42. The van der Waals surface area contributed by atoms with Crippen molar-refractivity contribution in [3.63, 3.8) is 0 Å². The number of nitrogens with zero attached hydrogens (tertiary/aromatic N) is 1. The summed E-state index contributed by atoms with van der Waals surface area (Å²) in [6.45, 7) is 3.63. The van der Waals surface area contributed by atoms with Crippen LogP contribution in [0.15, 0.2) is 48.8 Å². The van der Waals surface area contributed by atoms with Crippen molar-refractivity contribution in [2.75, 3.05) is 12.3 Å². The Balaban J connectivity index is 1.55. The number of hydrogen-bond donors (Lipinski definition) is 4. The van der Waals surface area contributed by atoms with E-state index in [-0.39, 0.29) is 30.1 Å². The van der Waals surface area contributed by atoms with Crippen LogP contribution in [-0.4, -0.2) is 34.6 Å². The Kier molecular flexibility index (Phi) is 5.92. The van der Waals surface area contributed by atoms with E-state index in [1.54, 1.807) is 38.4 Å². The number of carbonyl (C=O) groups excluding carboxylic acids is 2. The molecule has 7 nitrogen and oxygen atoms in total. The minimum Gasteiger partial charge on any atom is -0.396 e. The molecule has 0 unspecified atom stereocenters. The van der Waals surface area contributed by atoms with Gasteiger partial charge >= 0.3 is 0 Å². The summed E-state index contributed by atoms with van der Waals surface area (Å²) >= 11 is 0. The zero-order valence-corrected chi connectivity index (χ0v) is 16.1. The highest BCUT2D eigenvalue weighted by Crippen LogP contribution is 2.18. The number of nitrogen functional groups attached to an aromatic ring is 1. The third-order valence-electron chi connectivity index (χ3n) is 4.51. The summed E-state index contributed by atoms with van der Waals surface area (Å²) in [5.74, 6) is -1.18. The fraction of sp³-hybridized carbons (Fsp3) is 0.190. The number of aromatic nitrogens is 2. The van der Waals surface area contributed by atoms with Crippen molar-refractivity contribution in [2.24, 2.45) is 0 Å². The number of nitrogens with one attached hydrogen (secondary N) is 3. The smallest absolute Gasteiger partial charge is 0.251 e. The molecule has 3 aromatic rings. The van der Waals surface area contributed by atoms with Crippen LogP contribution < -0.4 is 16.4 Å². The minimum absolute atomic E-state index is 0.0824. The molecule has 2 aromatic carbocycles. The van der Waals surface area contributed by atoms with E-state index in [2.05, 4.69) is 20.8 Å². The van der Waals surface area contributed by atoms with Crippen molar-refractivity contribution >= 4 is 17.5 Å². The number of halogens is 1. The Hall–Kier alpha value is -3.68. The lowest BCUT2D eigenvalue weighted by Gasteiger charge is -2.16. The zero-order chi connectivity index (χ0) is 21.0. The molecule has 0 radical (unpaired) electrons. The van der Waals surface area contributed by atoms with Gasteiger partial charge in [0.15, 0.2) is 0 Å². The zero-order valence-electron chi connectivity index (χ0n) is 16.1. The lowest BCUT2D eigenvalue weighted by atomic mass is 10.1. The summed E-state index contributed by atoms with van der Waals surface area (Å²) in [5, 5.41) is 12.2. The van der Waals surface area contributed by atoms with Gasteiger partial charge in [-0.3, -0.25) is 14.7 Å². The number of anilines is 1. The highest BCUT2D eigenvalue weighted by Gasteiger charge is 2.15. The molecule has 1 aromatic heterocycles. The van der Waals surface area contributed by atoms with E-state index in [9.17, 15) is 14.0 Å². The molecule has 0 saturated heterocycles. The summed E-state index contributed by atoms with van der Waals surface area (Å²) < 4.78 is 13.4. The van der Waals surface area contributed by atoms with E-state index in [4.69, 9.17) is 5.73 Å². The molecule has 0 fully saturated rings. The maximum absolute atomic E-state index is 13.4. The molecule has 2 amide bonds. The van der Waals surface area contributed by atoms with Gasteiger partial charge in [-0.2, -0.15) is 5.10 Å². The average molecular weight is 395 g/mol. The third-order valence-corrected chi connectivity index (χ3v) is 4.51. The number of carbonyl (C=O) groups is 2. The van der Waals surface area contributed by atoms with Crippen LogP contribution in [0.2, 0.25) is 0 Å². The molecule has 1 heterocycles. The van der Waals surface area contributed by atoms with Crippen LogP contribution in [0.25, 0.3) is 11.1 Å². The summed E-state index contributed by atoms with van der Waals surface area (Å²) in [6, 6.07) is 9.37. The van der Waals surface area contributed by atoms with E-state index in [0.29, 0.717) is 16.7 Å². The van der Waals surface area contributed by atoms with Gasteiger partial charge in [0, 0.05) is 35.5 Å². The topological polar surface area (TPSA) is 113 Å². The van der Waals surface area contributed by atoms with Crippen molar-refractivity contribution in [1.29, 1.82) is 0 Å². The number of rotatable bonds is 6. The fourth-order valence-electron chi connectivity index (χ4n) is 2.86. The summed E-state index contributed by atoms with van der Waals surface area (Å²) in [4.78, 5) is 24.7. The van der Waals surface area contributed by atoms with Gasteiger partial charge in [0.1, 0.15) is 5.82 Å². The predicted octanol–water partition coefficient (Wildman–Crippen LogP) is 2.65. The summed E-state index contributed by atoms with van der Waals surface area (Å²) in [6.07, 6.45) is 3.48. The second-order valence-electron chi connectivity index (χ2n) is 6.84. The first kappa shape index (κ1) is 20.1. The van der Waals surface area contributed by atoms with Crippen LogP contribution in [0.5, 0.6) is 0 Å². The first-order valence-electron chi connectivity index (χ1n) is 9.09. The van der Waals surface area contributed by atoms with Crippen LogP contribution in [0.1, 0.15) is 33.2 Å². The molecular weight excluding hydrogens is 373 g/mol. The van der Waals surface area contributed by atoms with Crippen molar-refractivity contribution in [2.45, 2.75) is 19.9 Å². The minimum atomic E-state index is -0.557. The predicted molar refractivity (Wildman–Crippen MR) is 109 cm³/mol. The van der Waals surface area contributed by atoms with Gasteiger partial charge in [0.25, 0.3) is 11.8 Å². The van der Waals surface area contributed by atoms with Crippen LogP contribution in [-0.2, 0) is 0 Å². The maximum atomic E-state index is 13.4. The highest BCUT2D eigenvalue weighted by atomic mass is 19.1. The summed E-state index contributed by atoms with van der Waals surface area (Å²) in [7, 11) is 0. The normalized spacial score (nSPS) is 11.7. The molecule has 29 heavy (non-hydrogen) atoms. The van der Waals surface area contributed by atoms with Gasteiger partial charge in [-0.05, 0) is 49.2 Å². The van der Waals surface area contributed by atoms with Gasteiger partial charge in [0.2, 0.25) is 0 Å². The molecule has 0 aliphatic rings. The molecule has 5 N–H and O–H groups in total. The van der Waals surface area contributed by atoms with Gasteiger partial charge in [-0.15, -0.1) is 0 Å². The van der Waals surface area contributed by atoms with Crippen molar-refractivity contribution < 1.29 is 14.0 Å². The molecule has 150 valence electrons. The first-order valence-corrected chi connectivity index (χ1v) is 9.09. The Labute approximate surface area is 167 Å². The van der Waals surface area contributed by atoms with Crippen molar-refractivity contribution in [1.82, 2.24) is 20.8 Å². The largest absolute Gasteiger partial charge is 0.396 e. The Morgan fingerprint density at radius 1 is 1.17 bits per heavy atom. The van der Waals surface area contributed by atoms with Gasteiger partial charge in [0.05, 0.1) is 11.9 Å². The molecule has 0 aliphatic carbocycles. The molecule has 0 saturated carbocycles. The van der Waals surface area contributed by atoms with E-state index in [1.165, 1.54) is 12.1 Å². The second kappa shape index (κ2) is 8.55. The van der Waals surface area contributed by atoms with Gasteiger partial charge in [-0.1, -0.05) is 12.1 Å². The molecule has 0 bridgehead atoms. The number of H-pyrrole nitrogens is 1. The second-order valence-corrected chi connectivity index (χ2v) is 6.84. The monoisotopic (exact) mass is 395 g/mol. The number of aromatic amines is 1. The lowest BCUT2D eigenvalue weighted by molar-refractivity contribution is 0.0912. The molecule has 1 atom stereocenters. The Morgan fingerprint density at radius 2 is 1.90 bits per heavy atom. The van der Waals surface area contributed by atoms with E-state index < -0.39 is 5.82 Å². The number of benzene rings is 2. The molecule has 0 spiro atoms. The standard InChI is InChI=1S/C21H22FN5O2/c1-12-7-18(22)19(23)8-17(12)21(29)24-9-13(2)27-20(28)15-5-3-14(4-6-15)16-10-25-26-11-16/h3-8,10-11,13H,9,23H2,1-2H3,(H,24,29)(H,25,26)(H,27,28)/t13-/m1/s1. The third kappa shape index (κ3) is 4.78. The molecule has 8 heteroatoms. The number of hydrogen-bond acceptors (Lipinski definition) is 4. The van der Waals surface area contributed by atoms with E-state index >= 15 is 0 Å². The quantitative estimate of drug-likeness (QED) is 0.481. The van der Waals surface area contributed by atoms with Crippen LogP contribution >= 0.6 is 0 Å². The van der Waals surface area contributed by atoms with E-state index in [0.717, 1.165) is 11.1 Å². The Bertz CT molecular complexity index is 1020. The first-order chi connectivity index (χ1) is 13.8. The van der Waals surface area contributed by atoms with Crippen molar-refractivity contribution in [3.05, 3.63) is 71.3 Å². The summed E-state index contributed by atoms with van der Waals surface area (Å²) in [5.41, 5.74) is 8.64. The molecular formula is C21H22FN5O2. The van der Waals surface area contributed by atoms with Crippen LogP contribution in [0.4, 0.5) is 10.1 Å². The SMILES string of the molecule is Cc1cc(F)c(N)cc1C(=O)NC[C@@H](C)NC(=O)c1ccc(-c2cn[nH]c2)cc1. The molecule has 3 rings (SSSR count). The van der Waals surface area contributed by atoms with E-state index in [1.807, 2.05) is 12.1 Å². The Morgan fingerprint density at radius 3 is 2.55 bits per heavy atom. The van der Waals surface area contributed by atoms with Crippen LogP contribution in [0.3, 0.4) is 0 Å². The van der Waals surface area contributed by atoms with Crippen LogP contribution in [0, 0.1) is 12.7 Å². The van der Waals surface area contributed by atoms with Gasteiger partial charge < -0.3 is 16.4 Å². The average Bonchev–Trinajstić information content (AvgIpc) is 3.24. The number of aryl methyl sites for hydroxylation is 1. The number of nitrogens with two attached hydrogens (primary N) is 1. The maximum Gasteiger partial charge on any atom is 0.251 e. The van der Waals surface area contributed by atoms with Gasteiger partial charge in [-0.25, -0.2) is 4.39 Å². The number of amides is 2.